The Bertz CT molecular complexity index is 625. The molecule has 0 bridgehead atoms. The summed E-state index contributed by atoms with van der Waals surface area (Å²) < 4.78 is 30.9. The summed E-state index contributed by atoms with van der Waals surface area (Å²) in [4.78, 5) is 23.4. The van der Waals surface area contributed by atoms with E-state index in [-0.39, 0.29) is 22.9 Å². The Balaban J connectivity index is 2.78. The van der Waals surface area contributed by atoms with Crippen molar-refractivity contribution in [3.63, 3.8) is 0 Å². The highest BCUT2D eigenvalue weighted by Gasteiger charge is 2.19. The number of carbonyl (C=O) groups excluding carboxylic acids is 2. The lowest BCUT2D eigenvalue weighted by molar-refractivity contribution is -0.128. The van der Waals surface area contributed by atoms with Gasteiger partial charge in [0, 0.05) is 13.1 Å². The second-order valence-electron chi connectivity index (χ2n) is 4.47. The van der Waals surface area contributed by atoms with E-state index < -0.39 is 22.1 Å². The van der Waals surface area contributed by atoms with Crippen molar-refractivity contribution in [1.29, 1.82) is 0 Å². The molecule has 0 aliphatic rings. The largest absolute Gasteiger partial charge is 0.449 e. The monoisotopic (exact) mass is 328 g/mol. The molecule has 1 aromatic carbocycles. The first kappa shape index (κ1) is 18.1. The van der Waals surface area contributed by atoms with E-state index in [4.69, 9.17) is 4.74 Å². The van der Waals surface area contributed by atoms with E-state index in [9.17, 15) is 18.0 Å². The summed E-state index contributed by atoms with van der Waals surface area (Å²) in [5.41, 5.74) is 0.173. The Morgan fingerprint density at radius 1 is 1.14 bits per heavy atom. The SMILES string of the molecule is CCNC(=O)[C@H](C)OC(=O)c1ccc(S(=O)(=O)NCC)cc1. The van der Waals surface area contributed by atoms with Gasteiger partial charge >= 0.3 is 5.97 Å². The highest BCUT2D eigenvalue weighted by Crippen LogP contribution is 2.12. The van der Waals surface area contributed by atoms with Crippen molar-refractivity contribution in [3.8, 4) is 0 Å². The summed E-state index contributed by atoms with van der Waals surface area (Å²) in [6.45, 7) is 5.61. The van der Waals surface area contributed by atoms with E-state index in [1.165, 1.54) is 31.2 Å². The van der Waals surface area contributed by atoms with Crippen molar-refractivity contribution >= 4 is 21.9 Å². The third-order valence-corrected chi connectivity index (χ3v) is 4.30. The van der Waals surface area contributed by atoms with Crippen LogP contribution in [0.2, 0.25) is 0 Å². The number of benzene rings is 1. The Morgan fingerprint density at radius 2 is 1.73 bits per heavy atom. The van der Waals surface area contributed by atoms with E-state index in [1.807, 2.05) is 0 Å². The molecule has 0 saturated heterocycles. The number of hydrogen-bond acceptors (Lipinski definition) is 5. The van der Waals surface area contributed by atoms with Gasteiger partial charge in [-0.2, -0.15) is 0 Å². The van der Waals surface area contributed by atoms with Crippen LogP contribution in [0.3, 0.4) is 0 Å². The smallest absolute Gasteiger partial charge is 0.338 e. The van der Waals surface area contributed by atoms with Gasteiger partial charge in [-0.05, 0) is 38.1 Å². The van der Waals surface area contributed by atoms with Crippen LogP contribution in [0.15, 0.2) is 29.2 Å². The Morgan fingerprint density at radius 3 is 2.23 bits per heavy atom. The highest BCUT2D eigenvalue weighted by molar-refractivity contribution is 7.89. The molecule has 1 rings (SSSR count). The average Bonchev–Trinajstić information content (AvgIpc) is 2.47. The van der Waals surface area contributed by atoms with Crippen LogP contribution in [-0.2, 0) is 19.6 Å². The van der Waals surface area contributed by atoms with Crippen LogP contribution in [0.1, 0.15) is 31.1 Å². The Kier molecular flexibility index (Phi) is 6.51. The van der Waals surface area contributed by atoms with Crippen LogP contribution in [0, 0.1) is 0 Å². The summed E-state index contributed by atoms with van der Waals surface area (Å²) in [5.74, 6) is -1.08. The first-order valence-corrected chi connectivity index (χ1v) is 8.38. The summed E-state index contributed by atoms with van der Waals surface area (Å²) >= 11 is 0. The quantitative estimate of drug-likeness (QED) is 0.716. The van der Waals surface area contributed by atoms with Gasteiger partial charge < -0.3 is 10.1 Å². The van der Waals surface area contributed by atoms with Gasteiger partial charge in [0.05, 0.1) is 10.5 Å². The van der Waals surface area contributed by atoms with E-state index in [1.54, 1.807) is 13.8 Å². The van der Waals surface area contributed by atoms with Gasteiger partial charge in [0.15, 0.2) is 6.10 Å². The van der Waals surface area contributed by atoms with E-state index in [2.05, 4.69) is 10.0 Å². The number of likely N-dealkylation sites (N-methyl/N-ethyl adjacent to an activating group) is 1. The number of sulfonamides is 1. The predicted molar refractivity (Wildman–Crippen MR) is 80.9 cm³/mol. The lowest BCUT2D eigenvalue weighted by Crippen LogP contribution is -2.35. The number of nitrogens with one attached hydrogen (secondary N) is 2. The molecular formula is C14H20N2O5S. The summed E-state index contributed by atoms with van der Waals surface area (Å²) in [6.07, 6.45) is -0.919. The van der Waals surface area contributed by atoms with Crippen molar-refractivity contribution in [2.45, 2.75) is 31.8 Å². The lowest BCUT2D eigenvalue weighted by Gasteiger charge is -2.12. The van der Waals surface area contributed by atoms with Crippen molar-refractivity contribution in [1.82, 2.24) is 10.0 Å². The third-order valence-electron chi connectivity index (χ3n) is 2.74. The number of rotatable bonds is 7. The summed E-state index contributed by atoms with van der Waals surface area (Å²) in [7, 11) is -3.56. The molecular weight excluding hydrogens is 308 g/mol. The van der Waals surface area contributed by atoms with Gasteiger partial charge in [0.25, 0.3) is 5.91 Å². The molecule has 7 nitrogen and oxygen atoms in total. The molecule has 0 radical (unpaired) electrons. The molecule has 1 amide bonds. The molecule has 0 saturated carbocycles. The Labute approximate surface area is 130 Å². The molecule has 0 spiro atoms. The van der Waals surface area contributed by atoms with Crippen molar-refractivity contribution < 1.29 is 22.7 Å². The standard InChI is InChI=1S/C14H20N2O5S/c1-4-15-13(17)10(3)21-14(18)11-6-8-12(9-7-11)22(19,20)16-5-2/h6-10,16H,4-5H2,1-3H3,(H,15,17)/t10-/m0/s1. The minimum atomic E-state index is -3.56. The van der Waals surface area contributed by atoms with Crippen molar-refractivity contribution in [2.24, 2.45) is 0 Å². The molecule has 122 valence electrons. The highest BCUT2D eigenvalue weighted by atomic mass is 32.2. The van der Waals surface area contributed by atoms with Crippen LogP contribution in [-0.4, -0.2) is 39.5 Å². The molecule has 1 aromatic rings. The van der Waals surface area contributed by atoms with Gasteiger partial charge in [-0.25, -0.2) is 17.9 Å². The maximum atomic E-state index is 11.9. The van der Waals surface area contributed by atoms with Crippen LogP contribution in [0.5, 0.6) is 0 Å². The number of carbonyl (C=O) groups is 2. The molecule has 0 unspecified atom stereocenters. The molecule has 1 atom stereocenters. The molecule has 0 aliphatic carbocycles. The Hall–Kier alpha value is -1.93. The molecule has 22 heavy (non-hydrogen) atoms. The fraction of sp³-hybridized carbons (Fsp3) is 0.429. The zero-order chi connectivity index (χ0) is 16.8. The number of hydrogen-bond donors (Lipinski definition) is 2. The fourth-order valence-electron chi connectivity index (χ4n) is 1.64. The second-order valence-corrected chi connectivity index (χ2v) is 6.23. The fourth-order valence-corrected chi connectivity index (χ4v) is 2.68. The molecule has 0 aromatic heterocycles. The lowest BCUT2D eigenvalue weighted by atomic mass is 10.2. The number of amides is 1. The van der Waals surface area contributed by atoms with Crippen molar-refractivity contribution in [2.75, 3.05) is 13.1 Å². The van der Waals surface area contributed by atoms with Crippen molar-refractivity contribution in [3.05, 3.63) is 29.8 Å². The minimum Gasteiger partial charge on any atom is -0.449 e. The molecule has 2 N–H and O–H groups in total. The maximum Gasteiger partial charge on any atom is 0.338 e. The molecule has 0 aliphatic heterocycles. The summed E-state index contributed by atoms with van der Waals surface area (Å²) in [5, 5.41) is 2.54. The van der Waals surface area contributed by atoms with E-state index in [0.29, 0.717) is 6.54 Å². The van der Waals surface area contributed by atoms with Crippen LogP contribution < -0.4 is 10.0 Å². The van der Waals surface area contributed by atoms with Gasteiger partial charge in [-0.15, -0.1) is 0 Å². The maximum absolute atomic E-state index is 11.9. The van der Waals surface area contributed by atoms with Gasteiger partial charge in [-0.3, -0.25) is 4.79 Å². The minimum absolute atomic E-state index is 0.0580. The van der Waals surface area contributed by atoms with E-state index in [0.717, 1.165) is 0 Å². The number of esters is 1. The molecule has 0 fully saturated rings. The zero-order valence-corrected chi connectivity index (χ0v) is 13.6. The second kappa shape index (κ2) is 7.90. The number of ether oxygens (including phenoxy) is 1. The van der Waals surface area contributed by atoms with Crippen LogP contribution in [0.4, 0.5) is 0 Å². The van der Waals surface area contributed by atoms with Gasteiger partial charge in [0.2, 0.25) is 10.0 Å². The first-order chi connectivity index (χ1) is 10.3. The topological polar surface area (TPSA) is 102 Å². The summed E-state index contributed by atoms with van der Waals surface area (Å²) in [6, 6.07) is 5.31. The average molecular weight is 328 g/mol. The zero-order valence-electron chi connectivity index (χ0n) is 12.8. The van der Waals surface area contributed by atoms with Gasteiger partial charge in [-0.1, -0.05) is 6.92 Å². The van der Waals surface area contributed by atoms with Crippen LogP contribution in [0.25, 0.3) is 0 Å². The third kappa shape index (κ3) is 4.81. The molecule has 0 heterocycles. The van der Waals surface area contributed by atoms with E-state index >= 15 is 0 Å². The van der Waals surface area contributed by atoms with Gasteiger partial charge in [0.1, 0.15) is 0 Å². The predicted octanol–water partition coefficient (Wildman–Crippen LogP) is 0.666. The first-order valence-electron chi connectivity index (χ1n) is 6.90. The molecule has 8 heteroatoms. The normalized spacial score (nSPS) is 12.5. The van der Waals surface area contributed by atoms with Crippen LogP contribution >= 0.6 is 0 Å².